The van der Waals surface area contributed by atoms with Crippen molar-refractivity contribution in [3.05, 3.63) is 72.3 Å². The molecule has 1 aromatic heterocycles. The van der Waals surface area contributed by atoms with Crippen molar-refractivity contribution in [1.29, 1.82) is 0 Å². The minimum absolute atomic E-state index is 0.963. The number of aryl methyl sites for hydroxylation is 1. The Kier molecular flexibility index (Phi) is 5.45. The third-order valence-corrected chi connectivity index (χ3v) is 6.49. The molecule has 30 heavy (non-hydrogen) atoms. The van der Waals surface area contributed by atoms with E-state index in [1.807, 2.05) is 6.07 Å². The summed E-state index contributed by atoms with van der Waals surface area (Å²) in [6, 6.07) is 24.3. The molecule has 0 spiro atoms. The van der Waals surface area contributed by atoms with Crippen molar-refractivity contribution in [2.75, 3.05) is 0 Å². The molecule has 0 amide bonds. The molecule has 0 saturated heterocycles. The van der Waals surface area contributed by atoms with Gasteiger partial charge in [0, 0.05) is 10.8 Å². The summed E-state index contributed by atoms with van der Waals surface area (Å²) in [6.07, 6.45) is 10.7. The Morgan fingerprint density at radius 3 is 2.27 bits per heavy atom. The maximum Gasteiger partial charge on any atom is 0.136 e. The van der Waals surface area contributed by atoms with Crippen LogP contribution in [0.25, 0.3) is 43.5 Å². The van der Waals surface area contributed by atoms with E-state index in [1.54, 1.807) is 0 Å². The lowest BCUT2D eigenvalue weighted by molar-refractivity contribution is 0.589. The minimum atomic E-state index is 0.963. The Hall–Kier alpha value is -2.80. The molecule has 1 heteroatoms. The van der Waals surface area contributed by atoms with Crippen LogP contribution in [0.5, 0.6) is 0 Å². The van der Waals surface area contributed by atoms with Crippen molar-refractivity contribution < 1.29 is 4.42 Å². The second-order valence-electron chi connectivity index (χ2n) is 8.62. The van der Waals surface area contributed by atoms with Gasteiger partial charge in [-0.25, -0.2) is 0 Å². The third kappa shape index (κ3) is 3.58. The highest BCUT2D eigenvalue weighted by atomic mass is 16.3. The van der Waals surface area contributed by atoms with Gasteiger partial charge in [0.2, 0.25) is 0 Å². The summed E-state index contributed by atoms with van der Waals surface area (Å²) >= 11 is 0. The molecule has 0 aliphatic carbocycles. The molecule has 0 aliphatic rings. The summed E-state index contributed by atoms with van der Waals surface area (Å²) in [6.45, 7) is 2.28. The number of hydrogen-bond donors (Lipinski definition) is 0. The van der Waals surface area contributed by atoms with Gasteiger partial charge >= 0.3 is 0 Å². The van der Waals surface area contributed by atoms with Gasteiger partial charge in [-0.15, -0.1) is 0 Å². The molecule has 0 N–H and O–H groups in total. The topological polar surface area (TPSA) is 13.1 Å². The smallest absolute Gasteiger partial charge is 0.136 e. The molecule has 0 unspecified atom stereocenters. The van der Waals surface area contributed by atoms with Gasteiger partial charge in [-0.2, -0.15) is 0 Å². The van der Waals surface area contributed by atoms with Gasteiger partial charge in [0.15, 0.2) is 0 Å². The van der Waals surface area contributed by atoms with E-state index in [0.29, 0.717) is 0 Å². The molecule has 0 fully saturated rings. The molecule has 5 rings (SSSR count). The Labute approximate surface area is 178 Å². The first kappa shape index (κ1) is 19.2. The van der Waals surface area contributed by atoms with E-state index in [4.69, 9.17) is 4.42 Å². The van der Waals surface area contributed by atoms with Crippen molar-refractivity contribution in [2.45, 2.75) is 58.3 Å². The normalized spacial score (nSPS) is 11.9. The van der Waals surface area contributed by atoms with Crippen molar-refractivity contribution in [3.63, 3.8) is 0 Å². The van der Waals surface area contributed by atoms with E-state index in [9.17, 15) is 0 Å². The fourth-order valence-electron chi connectivity index (χ4n) is 4.86. The summed E-state index contributed by atoms with van der Waals surface area (Å²) < 4.78 is 6.08. The zero-order chi connectivity index (χ0) is 20.3. The summed E-state index contributed by atoms with van der Waals surface area (Å²) in [7, 11) is 0. The van der Waals surface area contributed by atoms with E-state index in [-0.39, 0.29) is 0 Å². The highest BCUT2D eigenvalue weighted by Gasteiger charge is 2.11. The number of unbranched alkanes of at least 4 members (excludes halogenated alkanes) is 6. The van der Waals surface area contributed by atoms with Crippen LogP contribution in [0.1, 0.15) is 57.4 Å². The highest BCUT2D eigenvalue weighted by molar-refractivity contribution is 6.23. The monoisotopic (exact) mass is 394 g/mol. The number of hydrogen-bond acceptors (Lipinski definition) is 1. The minimum Gasteiger partial charge on any atom is -0.456 e. The zero-order valence-electron chi connectivity index (χ0n) is 17.9. The van der Waals surface area contributed by atoms with Gasteiger partial charge in [0.25, 0.3) is 0 Å². The van der Waals surface area contributed by atoms with Crippen molar-refractivity contribution in [3.8, 4) is 0 Å². The van der Waals surface area contributed by atoms with Crippen LogP contribution in [-0.2, 0) is 6.42 Å². The van der Waals surface area contributed by atoms with Gasteiger partial charge < -0.3 is 4.42 Å². The number of fused-ring (bicyclic) bond motifs is 7. The maximum absolute atomic E-state index is 6.08. The zero-order valence-corrected chi connectivity index (χ0v) is 17.9. The first-order valence-corrected chi connectivity index (χ1v) is 11.6. The highest BCUT2D eigenvalue weighted by Crippen LogP contribution is 2.37. The van der Waals surface area contributed by atoms with Crippen molar-refractivity contribution in [1.82, 2.24) is 0 Å². The van der Waals surface area contributed by atoms with Gasteiger partial charge in [0.05, 0.1) is 0 Å². The Morgan fingerprint density at radius 2 is 1.37 bits per heavy atom. The molecule has 0 atom stereocenters. The Morgan fingerprint density at radius 1 is 0.600 bits per heavy atom. The molecule has 152 valence electrons. The fraction of sp³-hybridized carbons (Fsp3) is 0.310. The summed E-state index contributed by atoms with van der Waals surface area (Å²) in [4.78, 5) is 0. The standard InChI is InChI=1S/C29H30O/c1-2-3-4-5-6-7-8-11-21-14-16-23-22(20-21)15-17-25-24(23)18-19-28-29(25)26-12-9-10-13-27(26)30-28/h9-10,12-20H,2-8,11H2,1H3. The van der Waals surface area contributed by atoms with Gasteiger partial charge in [-0.1, -0.05) is 100 Å². The molecule has 0 aliphatic heterocycles. The largest absolute Gasteiger partial charge is 0.456 e. The van der Waals surface area contributed by atoms with Crippen LogP contribution in [0.4, 0.5) is 0 Å². The third-order valence-electron chi connectivity index (χ3n) is 6.49. The molecule has 0 radical (unpaired) electrons. The average molecular weight is 395 g/mol. The molecule has 1 heterocycles. The Bertz CT molecular complexity index is 1310. The molecular weight excluding hydrogens is 364 g/mol. The van der Waals surface area contributed by atoms with Crippen LogP contribution < -0.4 is 0 Å². The van der Waals surface area contributed by atoms with E-state index in [1.165, 1.54) is 89.2 Å². The van der Waals surface area contributed by atoms with E-state index in [0.717, 1.165) is 11.2 Å². The van der Waals surface area contributed by atoms with E-state index in [2.05, 4.69) is 67.6 Å². The van der Waals surface area contributed by atoms with Crippen LogP contribution in [0.3, 0.4) is 0 Å². The molecular formula is C29H30O. The Balaban J connectivity index is 1.42. The van der Waals surface area contributed by atoms with Gasteiger partial charge in [-0.3, -0.25) is 0 Å². The fourth-order valence-corrected chi connectivity index (χ4v) is 4.86. The number of rotatable bonds is 8. The van der Waals surface area contributed by atoms with E-state index >= 15 is 0 Å². The quantitative estimate of drug-likeness (QED) is 0.189. The van der Waals surface area contributed by atoms with Crippen molar-refractivity contribution in [2.24, 2.45) is 0 Å². The predicted octanol–water partition coefficient (Wildman–Crippen LogP) is 9.19. The first-order valence-electron chi connectivity index (χ1n) is 11.6. The second-order valence-corrected chi connectivity index (χ2v) is 8.62. The number of para-hydroxylation sites is 1. The summed E-state index contributed by atoms with van der Waals surface area (Å²) in [5, 5.41) is 7.71. The van der Waals surface area contributed by atoms with Crippen molar-refractivity contribution >= 4 is 43.5 Å². The average Bonchev–Trinajstić information content (AvgIpc) is 3.17. The molecule has 0 saturated carbocycles. The first-order chi connectivity index (χ1) is 14.8. The lowest BCUT2D eigenvalue weighted by Gasteiger charge is -2.08. The van der Waals surface area contributed by atoms with Crippen LogP contribution in [-0.4, -0.2) is 0 Å². The van der Waals surface area contributed by atoms with Crippen LogP contribution in [0.2, 0.25) is 0 Å². The summed E-state index contributed by atoms with van der Waals surface area (Å²) in [5.74, 6) is 0. The van der Waals surface area contributed by atoms with Crippen LogP contribution >= 0.6 is 0 Å². The van der Waals surface area contributed by atoms with E-state index < -0.39 is 0 Å². The van der Waals surface area contributed by atoms with Crippen LogP contribution in [0.15, 0.2) is 71.1 Å². The van der Waals surface area contributed by atoms with Crippen LogP contribution in [0, 0.1) is 0 Å². The number of furan rings is 1. The maximum atomic E-state index is 6.08. The summed E-state index contributed by atoms with van der Waals surface area (Å²) in [5.41, 5.74) is 3.40. The molecule has 4 aromatic carbocycles. The number of benzene rings is 4. The SMILES string of the molecule is CCCCCCCCCc1ccc2c(ccc3c2ccc2oc4ccccc4c23)c1. The molecule has 0 bridgehead atoms. The lowest BCUT2D eigenvalue weighted by atomic mass is 9.96. The van der Waals surface area contributed by atoms with Gasteiger partial charge in [-0.05, 0) is 52.1 Å². The molecule has 1 nitrogen and oxygen atoms in total. The van der Waals surface area contributed by atoms with Gasteiger partial charge in [0.1, 0.15) is 11.2 Å². The molecule has 5 aromatic rings. The lowest BCUT2D eigenvalue weighted by Crippen LogP contribution is -1.88. The predicted molar refractivity (Wildman–Crippen MR) is 130 cm³/mol. The second kappa shape index (κ2) is 8.52.